The van der Waals surface area contributed by atoms with E-state index >= 15 is 0 Å². The van der Waals surface area contributed by atoms with Crippen LogP contribution < -0.4 is 9.44 Å². The Morgan fingerprint density at radius 2 is 0.366 bits per heavy atom. The fourth-order valence-corrected chi connectivity index (χ4v) is 6.44. The van der Waals surface area contributed by atoms with Crippen LogP contribution in [0.3, 0.4) is 0 Å². The van der Waals surface area contributed by atoms with Gasteiger partial charge in [0.2, 0.25) is 0 Å². The first-order valence-corrected chi connectivity index (χ1v) is 18.1. The van der Waals surface area contributed by atoms with E-state index in [1.807, 2.05) is 0 Å². The quantitative estimate of drug-likeness (QED) is 0.0832. The van der Waals surface area contributed by atoms with Gasteiger partial charge >= 0.3 is 117 Å². The lowest BCUT2D eigenvalue weighted by molar-refractivity contribution is -0.458. The predicted octanol–water partition coefficient (Wildman–Crippen LogP) is 11.9. The van der Waals surface area contributed by atoms with Gasteiger partial charge in [0.05, 0.1) is 0 Å². The molecule has 0 spiro atoms. The van der Waals surface area contributed by atoms with Crippen molar-refractivity contribution >= 4 is 31.8 Å². The molecule has 0 unspecified atom stereocenters. The maximum Gasteiger partial charge on any atom is 0.460 e. The van der Waals surface area contributed by atoms with Crippen LogP contribution in [-0.2, 0) is 20.0 Å². The molecule has 0 atom stereocenters. The van der Waals surface area contributed by atoms with Crippen LogP contribution in [0, 0.1) is 0 Å². The Balaban J connectivity index is 7.36. The second-order valence-electron chi connectivity index (χ2n) is 12.4. The zero-order valence-electron chi connectivity index (χ0n) is 29.7. The summed E-state index contributed by atoms with van der Waals surface area (Å²) in [6.45, 7) is 0. The fraction of sp³-hybridized carbons (Fsp3) is 1.00. The van der Waals surface area contributed by atoms with Crippen LogP contribution in [0.5, 0.6) is 0 Å². The molecule has 0 heterocycles. The van der Waals surface area contributed by atoms with Crippen LogP contribution in [0.25, 0.3) is 0 Å². The summed E-state index contributed by atoms with van der Waals surface area (Å²) in [5.74, 6) is -114. The van der Waals surface area contributed by atoms with E-state index in [2.05, 4.69) is 0 Å². The first-order valence-electron chi connectivity index (χ1n) is 14.3. The molecular formula is C20H2F42N2O4S3. The number of thioether (sulfide) groups is 1. The van der Waals surface area contributed by atoms with Gasteiger partial charge in [0, 0.05) is 11.8 Å². The van der Waals surface area contributed by atoms with E-state index in [1.165, 1.54) is 0 Å². The van der Waals surface area contributed by atoms with Gasteiger partial charge in [0.15, 0.2) is 0 Å². The highest BCUT2D eigenvalue weighted by Gasteiger charge is 2.98. The van der Waals surface area contributed by atoms with Crippen LogP contribution in [0.2, 0.25) is 0 Å². The minimum atomic E-state index is -9.86. The van der Waals surface area contributed by atoms with Gasteiger partial charge in [-0.2, -0.15) is 184 Å². The summed E-state index contributed by atoms with van der Waals surface area (Å²) in [5.41, 5.74) is 0. The molecule has 2 N–H and O–H groups in total. The third kappa shape index (κ3) is 9.11. The third-order valence-corrected chi connectivity index (χ3v) is 11.5. The average molecular weight is 1230 g/mol. The lowest BCUT2D eigenvalue weighted by Crippen LogP contribution is -2.75. The summed E-state index contributed by atoms with van der Waals surface area (Å²) in [4.78, 5) is 0. The standard InChI is InChI=1S/C20H2F42N2O4S3/c21-1(22,5(29,30)9(37,38)13(45,46)47)3(25,26)7(33,34)11(41,42)19(59,60)70(65,66)63-15(51,52)17(55,56)69-18(57,58)16(53,54)64-71(67,68)20(61,62)12(43,44)8(35,36)4(27,28)2(23,24)6(31,32)10(39,40)14(48,49)50/h63-64H. The Morgan fingerprint density at radius 1 is 0.225 bits per heavy atom. The van der Waals surface area contributed by atoms with Crippen LogP contribution >= 0.6 is 11.8 Å². The van der Waals surface area contributed by atoms with E-state index in [9.17, 15) is 201 Å². The molecule has 0 aromatic heterocycles. The van der Waals surface area contributed by atoms with Crippen molar-refractivity contribution in [1.82, 2.24) is 9.44 Å². The minimum absolute atomic E-state index is 2.37. The van der Waals surface area contributed by atoms with Crippen molar-refractivity contribution in [1.29, 1.82) is 0 Å². The number of alkyl halides is 42. The van der Waals surface area contributed by atoms with Gasteiger partial charge in [-0.15, -0.1) is 9.44 Å². The van der Waals surface area contributed by atoms with E-state index in [4.69, 9.17) is 0 Å². The molecule has 0 amide bonds. The van der Waals surface area contributed by atoms with E-state index in [-0.39, 0.29) is 0 Å². The van der Waals surface area contributed by atoms with Crippen LogP contribution in [0.4, 0.5) is 184 Å². The van der Waals surface area contributed by atoms with Gasteiger partial charge in [0.1, 0.15) is 0 Å². The largest absolute Gasteiger partial charge is 0.460 e. The van der Waals surface area contributed by atoms with Crippen molar-refractivity contribution in [2.75, 3.05) is 0 Å². The minimum Gasteiger partial charge on any atom is -0.206 e. The van der Waals surface area contributed by atoms with E-state index in [0.29, 0.717) is 0 Å². The maximum absolute atomic E-state index is 14.0. The van der Waals surface area contributed by atoms with Crippen molar-refractivity contribution in [2.45, 2.75) is 117 Å². The highest BCUT2D eigenvalue weighted by molar-refractivity contribution is 8.01. The SMILES string of the molecule is O=S(=O)(NC(F)(F)C(F)(F)SC(F)(F)C(F)(F)NS(=O)(=O)C(F)(F)C(F)(F)C(F)(F)C(F)(F)C(F)(F)C(F)(F)C(F)(F)C(F)(F)F)C(F)(F)C(F)(F)C(F)(F)C(F)(F)C(F)(F)C(F)(F)C(F)(F)C(F)(F)F. The molecule has 0 saturated heterocycles. The molecule has 0 bridgehead atoms. The van der Waals surface area contributed by atoms with Crippen molar-refractivity contribution in [3.8, 4) is 0 Å². The second kappa shape index (κ2) is 16.9. The monoisotopic (exact) mass is 1230 g/mol. The number of sulfonamides is 2. The highest BCUT2D eigenvalue weighted by Crippen LogP contribution is 2.67. The Kier molecular flexibility index (Phi) is 16.2. The lowest BCUT2D eigenvalue weighted by Gasteiger charge is -2.42. The summed E-state index contributed by atoms with van der Waals surface area (Å²) < 4.78 is 606. The molecule has 0 saturated carbocycles. The molecule has 6 nitrogen and oxygen atoms in total. The summed E-state index contributed by atoms with van der Waals surface area (Å²) in [7, 11) is -19.7. The Morgan fingerprint density at radius 3 is 0.521 bits per heavy atom. The molecule has 71 heavy (non-hydrogen) atoms. The van der Waals surface area contributed by atoms with E-state index in [0.717, 1.165) is 0 Å². The third-order valence-electron chi connectivity index (χ3n) is 7.57. The van der Waals surface area contributed by atoms with Crippen LogP contribution in [0.15, 0.2) is 0 Å². The van der Waals surface area contributed by atoms with E-state index < -0.39 is 158 Å². The summed E-state index contributed by atoms with van der Waals surface area (Å²) in [5, 5.41) is -35.6. The average Bonchev–Trinajstić information content (AvgIpc) is 3.07. The molecule has 0 fully saturated rings. The molecule has 0 aliphatic rings. The van der Waals surface area contributed by atoms with E-state index in [1.54, 1.807) is 0 Å². The number of hydrogen-bond acceptors (Lipinski definition) is 5. The maximum atomic E-state index is 14.0. The number of halogens is 42. The molecule has 0 aromatic rings. The normalized spacial score (nSPS) is 17.3. The molecular weight excluding hydrogens is 1230 g/mol. The first kappa shape index (κ1) is 68.2. The molecule has 0 rings (SSSR count). The number of rotatable bonds is 22. The summed E-state index contributed by atoms with van der Waals surface area (Å²) in [6, 6.07) is -17.1. The number of nitrogens with one attached hydrogen (secondary N) is 2. The topological polar surface area (TPSA) is 92.3 Å². The molecule has 0 aromatic carbocycles. The van der Waals surface area contributed by atoms with Gasteiger partial charge in [0.25, 0.3) is 20.0 Å². The predicted molar refractivity (Wildman–Crippen MR) is 133 cm³/mol. The fourth-order valence-electron chi connectivity index (χ4n) is 3.51. The first-order chi connectivity index (χ1) is 29.6. The zero-order chi connectivity index (χ0) is 59.1. The zero-order valence-corrected chi connectivity index (χ0v) is 32.2. The van der Waals surface area contributed by atoms with Gasteiger partial charge in [-0.1, -0.05) is 0 Å². The second-order valence-corrected chi connectivity index (χ2v) is 17.1. The highest BCUT2D eigenvalue weighted by atomic mass is 32.2. The van der Waals surface area contributed by atoms with Crippen molar-refractivity contribution in [3.05, 3.63) is 0 Å². The van der Waals surface area contributed by atoms with Crippen LogP contribution in [-0.4, -0.2) is 133 Å². The molecule has 51 heteroatoms. The van der Waals surface area contributed by atoms with Crippen molar-refractivity contribution < 1.29 is 201 Å². The number of hydrogen-bond donors (Lipinski definition) is 2. The Bertz CT molecular complexity index is 2030. The molecule has 0 aliphatic carbocycles. The summed E-state index contributed by atoms with van der Waals surface area (Å²) in [6.07, 6.45) is -16.8. The van der Waals surface area contributed by atoms with Crippen molar-refractivity contribution in [3.63, 3.8) is 0 Å². The van der Waals surface area contributed by atoms with Gasteiger partial charge in [-0.25, -0.2) is 16.8 Å². The summed E-state index contributed by atoms with van der Waals surface area (Å²) >= 11 is -4.64. The van der Waals surface area contributed by atoms with Gasteiger partial charge in [-0.3, -0.25) is 0 Å². The Labute approximate surface area is 359 Å². The van der Waals surface area contributed by atoms with Crippen molar-refractivity contribution in [2.24, 2.45) is 0 Å². The van der Waals surface area contributed by atoms with Gasteiger partial charge < -0.3 is 0 Å². The lowest BCUT2D eigenvalue weighted by atomic mass is 9.91. The molecule has 428 valence electrons. The van der Waals surface area contributed by atoms with Crippen LogP contribution in [0.1, 0.15) is 0 Å². The molecule has 0 aliphatic heterocycles. The smallest absolute Gasteiger partial charge is 0.206 e. The van der Waals surface area contributed by atoms with Gasteiger partial charge in [-0.05, 0) is 0 Å². The Hall–Kier alpha value is -2.77. The molecule has 0 radical (unpaired) electrons.